The van der Waals surface area contributed by atoms with E-state index in [-0.39, 0.29) is 12.5 Å². The number of aryl methyl sites for hydroxylation is 1. The summed E-state index contributed by atoms with van der Waals surface area (Å²) in [5.74, 6) is 0.992. The first-order valence-corrected chi connectivity index (χ1v) is 7.49. The molecule has 1 aromatic heterocycles. The van der Waals surface area contributed by atoms with E-state index in [1.165, 1.54) is 0 Å². The summed E-state index contributed by atoms with van der Waals surface area (Å²) in [5.41, 5.74) is 1.60. The van der Waals surface area contributed by atoms with Crippen molar-refractivity contribution in [2.45, 2.75) is 13.5 Å². The van der Waals surface area contributed by atoms with Crippen molar-refractivity contribution < 1.29 is 9.53 Å². The van der Waals surface area contributed by atoms with Crippen LogP contribution in [-0.2, 0) is 11.3 Å². The molecule has 0 saturated heterocycles. The predicted molar refractivity (Wildman–Crippen MR) is 89.9 cm³/mol. The fourth-order valence-electron chi connectivity index (χ4n) is 1.83. The van der Waals surface area contributed by atoms with Crippen LogP contribution in [0.4, 0.5) is 5.95 Å². The van der Waals surface area contributed by atoms with Gasteiger partial charge in [-0.15, -0.1) is 0 Å². The molecule has 2 rings (SSSR count). The van der Waals surface area contributed by atoms with Crippen molar-refractivity contribution >= 4 is 23.5 Å². The van der Waals surface area contributed by atoms with Gasteiger partial charge >= 0.3 is 0 Å². The minimum atomic E-state index is -0.220. The molecule has 1 amide bonds. The van der Waals surface area contributed by atoms with Crippen molar-refractivity contribution in [3.8, 4) is 5.75 Å². The lowest BCUT2D eigenvalue weighted by atomic mass is 10.3. The number of carbonyl (C=O) groups is 1. The lowest BCUT2D eigenvalue weighted by molar-refractivity contribution is -0.123. The van der Waals surface area contributed by atoms with Gasteiger partial charge in [0.05, 0.1) is 12.2 Å². The van der Waals surface area contributed by atoms with Crippen LogP contribution in [0.2, 0.25) is 5.02 Å². The number of ether oxygens (including phenoxy) is 1. The lowest BCUT2D eigenvalue weighted by Gasteiger charge is -2.13. The molecule has 1 heterocycles. The summed E-state index contributed by atoms with van der Waals surface area (Å²) in [4.78, 5) is 22.4. The molecule has 0 atom stereocenters. The number of anilines is 1. The van der Waals surface area contributed by atoms with Gasteiger partial charge < -0.3 is 15.0 Å². The predicted octanol–water partition coefficient (Wildman–Crippen LogP) is 2.20. The van der Waals surface area contributed by atoms with E-state index in [0.717, 1.165) is 11.4 Å². The SMILES string of the molecule is Cc1cc(CNC(=O)COc2ccc(Cl)cc2)nc(N(C)C)n1. The van der Waals surface area contributed by atoms with Gasteiger partial charge in [-0.05, 0) is 37.3 Å². The Hall–Kier alpha value is -2.34. The van der Waals surface area contributed by atoms with Crippen molar-refractivity contribution in [3.63, 3.8) is 0 Å². The molecule has 122 valence electrons. The molecule has 0 bridgehead atoms. The van der Waals surface area contributed by atoms with E-state index in [1.54, 1.807) is 24.3 Å². The van der Waals surface area contributed by atoms with Gasteiger partial charge in [0, 0.05) is 24.8 Å². The van der Waals surface area contributed by atoms with E-state index in [0.29, 0.717) is 23.3 Å². The Morgan fingerprint density at radius 3 is 2.61 bits per heavy atom. The minimum Gasteiger partial charge on any atom is -0.484 e. The monoisotopic (exact) mass is 334 g/mol. The third-order valence-electron chi connectivity index (χ3n) is 2.95. The molecule has 2 aromatic rings. The van der Waals surface area contributed by atoms with Crippen molar-refractivity contribution in [1.82, 2.24) is 15.3 Å². The van der Waals surface area contributed by atoms with Crippen LogP contribution >= 0.6 is 11.6 Å². The number of nitrogens with one attached hydrogen (secondary N) is 1. The van der Waals surface area contributed by atoms with Gasteiger partial charge in [0.2, 0.25) is 5.95 Å². The summed E-state index contributed by atoms with van der Waals surface area (Å²) in [6, 6.07) is 8.69. The van der Waals surface area contributed by atoms with Gasteiger partial charge in [-0.2, -0.15) is 0 Å². The Balaban J connectivity index is 1.85. The van der Waals surface area contributed by atoms with Gasteiger partial charge in [0.1, 0.15) is 5.75 Å². The number of aromatic nitrogens is 2. The molecular formula is C16H19ClN4O2. The molecule has 23 heavy (non-hydrogen) atoms. The molecule has 0 fully saturated rings. The van der Waals surface area contributed by atoms with E-state index in [1.807, 2.05) is 32.0 Å². The van der Waals surface area contributed by atoms with Gasteiger partial charge in [-0.3, -0.25) is 4.79 Å². The molecule has 7 heteroatoms. The van der Waals surface area contributed by atoms with Crippen molar-refractivity contribution in [2.24, 2.45) is 0 Å². The fraction of sp³-hybridized carbons (Fsp3) is 0.312. The first-order valence-electron chi connectivity index (χ1n) is 7.11. The van der Waals surface area contributed by atoms with Crippen molar-refractivity contribution in [2.75, 3.05) is 25.6 Å². The zero-order chi connectivity index (χ0) is 16.8. The minimum absolute atomic E-state index is 0.0633. The third-order valence-corrected chi connectivity index (χ3v) is 3.20. The summed E-state index contributed by atoms with van der Waals surface area (Å²) in [7, 11) is 3.74. The lowest BCUT2D eigenvalue weighted by Crippen LogP contribution is -2.29. The van der Waals surface area contributed by atoms with Crippen molar-refractivity contribution in [3.05, 3.63) is 46.7 Å². The maximum Gasteiger partial charge on any atom is 0.258 e. The number of rotatable bonds is 6. The third kappa shape index (κ3) is 5.41. The van der Waals surface area contributed by atoms with Crippen LogP contribution in [0.3, 0.4) is 0 Å². The first kappa shape index (κ1) is 17.0. The molecular weight excluding hydrogens is 316 g/mol. The topological polar surface area (TPSA) is 67.3 Å². The van der Waals surface area contributed by atoms with E-state index in [2.05, 4.69) is 15.3 Å². The summed E-state index contributed by atoms with van der Waals surface area (Å²) in [6.45, 7) is 2.16. The van der Waals surface area contributed by atoms with Crippen LogP contribution in [0.25, 0.3) is 0 Å². The Kier molecular flexibility index (Phi) is 5.76. The number of nitrogens with zero attached hydrogens (tertiary/aromatic N) is 3. The second-order valence-corrected chi connectivity index (χ2v) is 5.65. The van der Waals surface area contributed by atoms with E-state index >= 15 is 0 Å². The number of hydrogen-bond donors (Lipinski definition) is 1. The highest BCUT2D eigenvalue weighted by Crippen LogP contribution is 2.15. The maximum absolute atomic E-state index is 11.8. The number of carbonyl (C=O) groups excluding carboxylic acids is 1. The van der Waals surface area contributed by atoms with Crippen LogP contribution in [0.1, 0.15) is 11.4 Å². The quantitative estimate of drug-likeness (QED) is 0.877. The molecule has 1 N–H and O–H groups in total. The number of halogens is 1. The molecule has 0 aliphatic rings. The molecule has 6 nitrogen and oxygen atoms in total. The largest absolute Gasteiger partial charge is 0.484 e. The smallest absolute Gasteiger partial charge is 0.258 e. The second kappa shape index (κ2) is 7.78. The van der Waals surface area contributed by atoms with E-state index < -0.39 is 0 Å². The molecule has 0 saturated carbocycles. The Labute approximate surface area is 140 Å². The summed E-state index contributed by atoms with van der Waals surface area (Å²) in [6.07, 6.45) is 0. The fourth-order valence-corrected chi connectivity index (χ4v) is 1.95. The molecule has 0 unspecified atom stereocenters. The van der Waals surface area contributed by atoms with E-state index in [4.69, 9.17) is 16.3 Å². The summed E-state index contributed by atoms with van der Waals surface area (Å²) >= 11 is 5.79. The second-order valence-electron chi connectivity index (χ2n) is 5.21. The maximum atomic E-state index is 11.8. The molecule has 0 aliphatic carbocycles. The standard InChI is InChI=1S/C16H19ClN4O2/c1-11-8-13(20-16(19-11)21(2)3)9-18-15(22)10-23-14-6-4-12(17)5-7-14/h4-8H,9-10H2,1-3H3,(H,18,22). The Morgan fingerprint density at radius 1 is 1.26 bits per heavy atom. The zero-order valence-corrected chi connectivity index (χ0v) is 14.1. The number of hydrogen-bond acceptors (Lipinski definition) is 5. The van der Waals surface area contributed by atoms with Crippen LogP contribution in [-0.4, -0.2) is 36.6 Å². The molecule has 0 spiro atoms. The van der Waals surface area contributed by atoms with Crippen LogP contribution in [0.15, 0.2) is 30.3 Å². The highest BCUT2D eigenvalue weighted by atomic mass is 35.5. The Morgan fingerprint density at radius 2 is 1.96 bits per heavy atom. The van der Waals surface area contributed by atoms with E-state index in [9.17, 15) is 4.79 Å². The molecule has 0 radical (unpaired) electrons. The first-order chi connectivity index (χ1) is 10.9. The summed E-state index contributed by atoms with van der Waals surface area (Å²) in [5, 5.41) is 3.40. The zero-order valence-electron chi connectivity index (χ0n) is 13.3. The summed E-state index contributed by atoms with van der Waals surface area (Å²) < 4.78 is 5.39. The number of amides is 1. The number of benzene rings is 1. The van der Waals surface area contributed by atoms with Crippen LogP contribution < -0.4 is 15.0 Å². The molecule has 0 aliphatic heterocycles. The average molecular weight is 335 g/mol. The highest BCUT2D eigenvalue weighted by Gasteiger charge is 2.07. The van der Waals surface area contributed by atoms with Crippen LogP contribution in [0, 0.1) is 6.92 Å². The highest BCUT2D eigenvalue weighted by molar-refractivity contribution is 6.30. The average Bonchev–Trinajstić information content (AvgIpc) is 2.52. The molecule has 1 aromatic carbocycles. The van der Waals surface area contributed by atoms with Gasteiger partial charge in [0.15, 0.2) is 6.61 Å². The van der Waals surface area contributed by atoms with Crippen LogP contribution in [0.5, 0.6) is 5.75 Å². The van der Waals surface area contributed by atoms with Gasteiger partial charge in [-0.1, -0.05) is 11.6 Å². The normalized spacial score (nSPS) is 10.3. The van der Waals surface area contributed by atoms with Crippen molar-refractivity contribution in [1.29, 1.82) is 0 Å². The Bertz CT molecular complexity index is 674. The van der Waals surface area contributed by atoms with Gasteiger partial charge in [-0.25, -0.2) is 9.97 Å². The van der Waals surface area contributed by atoms with Gasteiger partial charge in [0.25, 0.3) is 5.91 Å².